The molecule has 0 aromatic heterocycles. The van der Waals surface area contributed by atoms with Crippen LogP contribution in [-0.4, -0.2) is 49.2 Å². The van der Waals surface area contributed by atoms with E-state index in [-0.39, 0.29) is 12.3 Å². The van der Waals surface area contributed by atoms with E-state index in [0.717, 1.165) is 18.4 Å². The van der Waals surface area contributed by atoms with Crippen molar-refractivity contribution in [2.24, 2.45) is 0 Å². The second-order valence-corrected chi connectivity index (χ2v) is 7.24. The number of carboxylic acid groups (broad SMARTS) is 1. The van der Waals surface area contributed by atoms with Gasteiger partial charge in [-0.15, -0.1) is 0 Å². The van der Waals surface area contributed by atoms with Crippen LogP contribution < -0.4 is 9.47 Å². The Kier molecular flexibility index (Phi) is 9.19. The number of ether oxygens (including phenoxy) is 2. The molecule has 0 aliphatic carbocycles. The molecule has 6 heteroatoms. The van der Waals surface area contributed by atoms with Crippen molar-refractivity contribution >= 4 is 11.9 Å². The van der Waals surface area contributed by atoms with Gasteiger partial charge >= 0.3 is 5.97 Å². The smallest absolute Gasteiger partial charge is 0.303 e. The number of carbonyl (C=O) groups is 2. The van der Waals surface area contributed by atoms with Crippen LogP contribution in [0.5, 0.6) is 11.5 Å². The van der Waals surface area contributed by atoms with E-state index in [2.05, 4.69) is 12.1 Å². The molecule has 0 aliphatic rings. The van der Waals surface area contributed by atoms with Crippen molar-refractivity contribution in [2.75, 3.05) is 27.3 Å². The lowest BCUT2D eigenvalue weighted by Crippen LogP contribution is -2.33. The predicted molar refractivity (Wildman–Crippen MR) is 116 cm³/mol. The normalized spacial score (nSPS) is 10.5. The standard InChI is InChI=1S/C24H31NO5/c1-18-21(29-2)16-20(17-22(18)30-3)24(28)25(14-8-7-13-23(26)27)15-9-12-19-10-5-4-6-11-19/h4-6,10-11,16-17H,7-9,12-15H2,1-3H3,(H,26,27). The van der Waals surface area contributed by atoms with E-state index in [9.17, 15) is 9.59 Å². The summed E-state index contributed by atoms with van der Waals surface area (Å²) in [7, 11) is 3.14. The molecule has 1 amide bonds. The summed E-state index contributed by atoms with van der Waals surface area (Å²) < 4.78 is 10.8. The number of rotatable bonds is 12. The molecule has 0 spiro atoms. The van der Waals surface area contributed by atoms with E-state index in [1.807, 2.05) is 25.1 Å². The molecule has 0 saturated carbocycles. The molecule has 162 valence electrons. The lowest BCUT2D eigenvalue weighted by molar-refractivity contribution is -0.137. The number of aryl methyl sites for hydroxylation is 1. The van der Waals surface area contributed by atoms with Crippen LogP contribution in [0.15, 0.2) is 42.5 Å². The van der Waals surface area contributed by atoms with Crippen LogP contribution in [0.4, 0.5) is 0 Å². The van der Waals surface area contributed by atoms with Crippen molar-refractivity contribution in [3.05, 3.63) is 59.2 Å². The number of carboxylic acids is 1. The third-order valence-corrected chi connectivity index (χ3v) is 5.09. The Morgan fingerprint density at radius 2 is 1.53 bits per heavy atom. The summed E-state index contributed by atoms with van der Waals surface area (Å²) >= 11 is 0. The molecule has 2 aromatic carbocycles. The van der Waals surface area contributed by atoms with E-state index in [1.165, 1.54) is 5.56 Å². The number of hydrogen-bond donors (Lipinski definition) is 1. The molecule has 0 aliphatic heterocycles. The number of methoxy groups -OCH3 is 2. The summed E-state index contributed by atoms with van der Waals surface area (Å²) in [5.74, 6) is 0.292. The van der Waals surface area contributed by atoms with Crippen LogP contribution in [0.1, 0.15) is 47.2 Å². The van der Waals surface area contributed by atoms with E-state index in [4.69, 9.17) is 14.6 Å². The second-order valence-electron chi connectivity index (χ2n) is 7.24. The molecular formula is C24H31NO5. The van der Waals surface area contributed by atoms with Gasteiger partial charge in [-0.05, 0) is 50.3 Å². The first-order valence-electron chi connectivity index (χ1n) is 10.2. The predicted octanol–water partition coefficient (Wildman–Crippen LogP) is 4.34. The highest BCUT2D eigenvalue weighted by Crippen LogP contribution is 2.30. The first-order chi connectivity index (χ1) is 14.5. The second kappa shape index (κ2) is 11.9. The van der Waals surface area contributed by atoms with E-state index in [0.29, 0.717) is 43.0 Å². The number of aliphatic carboxylic acids is 1. The summed E-state index contributed by atoms with van der Waals surface area (Å²) in [6.07, 6.45) is 3.00. The molecule has 1 N–H and O–H groups in total. The van der Waals surface area contributed by atoms with Crippen molar-refractivity contribution < 1.29 is 24.2 Å². The van der Waals surface area contributed by atoms with Gasteiger partial charge in [0.05, 0.1) is 14.2 Å². The van der Waals surface area contributed by atoms with Crippen LogP contribution in [0, 0.1) is 6.92 Å². The highest BCUT2D eigenvalue weighted by molar-refractivity contribution is 5.95. The highest BCUT2D eigenvalue weighted by Gasteiger charge is 2.19. The van der Waals surface area contributed by atoms with Crippen LogP contribution >= 0.6 is 0 Å². The number of unbranched alkanes of at least 4 members (excludes halogenated alkanes) is 1. The largest absolute Gasteiger partial charge is 0.496 e. The van der Waals surface area contributed by atoms with Gasteiger partial charge in [-0.25, -0.2) is 0 Å². The number of amides is 1. The van der Waals surface area contributed by atoms with Gasteiger partial charge in [0.25, 0.3) is 5.91 Å². The van der Waals surface area contributed by atoms with Crippen molar-refractivity contribution in [1.82, 2.24) is 4.90 Å². The molecule has 0 atom stereocenters. The average molecular weight is 414 g/mol. The maximum absolute atomic E-state index is 13.3. The number of nitrogens with zero attached hydrogens (tertiary/aromatic N) is 1. The minimum atomic E-state index is -0.815. The van der Waals surface area contributed by atoms with Crippen molar-refractivity contribution in [3.63, 3.8) is 0 Å². The molecule has 6 nitrogen and oxygen atoms in total. The molecule has 2 aromatic rings. The van der Waals surface area contributed by atoms with E-state index < -0.39 is 5.97 Å². The monoisotopic (exact) mass is 413 g/mol. The molecule has 0 fully saturated rings. The lowest BCUT2D eigenvalue weighted by Gasteiger charge is -2.24. The zero-order chi connectivity index (χ0) is 21.9. The Morgan fingerprint density at radius 3 is 2.10 bits per heavy atom. The van der Waals surface area contributed by atoms with Gasteiger partial charge in [0, 0.05) is 30.6 Å². The van der Waals surface area contributed by atoms with Crippen molar-refractivity contribution in [3.8, 4) is 11.5 Å². The topological polar surface area (TPSA) is 76.1 Å². The number of hydrogen-bond acceptors (Lipinski definition) is 4. The SMILES string of the molecule is COc1cc(C(=O)N(CCCCC(=O)O)CCCc2ccccc2)cc(OC)c1C. The Balaban J connectivity index is 2.12. The number of carbonyl (C=O) groups excluding carboxylic acids is 1. The van der Waals surface area contributed by atoms with Gasteiger partial charge in [0.2, 0.25) is 0 Å². The van der Waals surface area contributed by atoms with Crippen LogP contribution in [0.25, 0.3) is 0 Å². The fourth-order valence-corrected chi connectivity index (χ4v) is 3.40. The maximum Gasteiger partial charge on any atom is 0.303 e. The van der Waals surface area contributed by atoms with Crippen molar-refractivity contribution in [1.29, 1.82) is 0 Å². The molecule has 30 heavy (non-hydrogen) atoms. The Labute approximate surface area is 178 Å². The van der Waals surface area contributed by atoms with E-state index in [1.54, 1.807) is 31.3 Å². The van der Waals surface area contributed by atoms with Crippen LogP contribution in [-0.2, 0) is 11.2 Å². The molecule has 2 rings (SSSR count). The van der Waals surface area contributed by atoms with Gasteiger partial charge < -0.3 is 19.5 Å². The summed E-state index contributed by atoms with van der Waals surface area (Å²) in [4.78, 5) is 25.9. The number of benzene rings is 2. The first kappa shape index (κ1) is 23.3. The fraction of sp³-hybridized carbons (Fsp3) is 0.417. The summed E-state index contributed by atoms with van der Waals surface area (Å²) in [5, 5.41) is 8.87. The van der Waals surface area contributed by atoms with Crippen LogP contribution in [0.3, 0.4) is 0 Å². The Morgan fingerprint density at radius 1 is 0.933 bits per heavy atom. The molecule has 0 radical (unpaired) electrons. The zero-order valence-electron chi connectivity index (χ0n) is 18.0. The van der Waals surface area contributed by atoms with Gasteiger partial charge in [-0.2, -0.15) is 0 Å². The maximum atomic E-state index is 13.3. The van der Waals surface area contributed by atoms with Crippen molar-refractivity contribution in [2.45, 2.75) is 39.0 Å². The third kappa shape index (κ3) is 6.79. The average Bonchev–Trinajstić information content (AvgIpc) is 2.75. The van der Waals surface area contributed by atoms with Gasteiger partial charge in [-0.1, -0.05) is 30.3 Å². The quantitative estimate of drug-likeness (QED) is 0.524. The third-order valence-electron chi connectivity index (χ3n) is 5.09. The molecule has 0 heterocycles. The highest BCUT2D eigenvalue weighted by atomic mass is 16.5. The summed E-state index contributed by atoms with van der Waals surface area (Å²) in [6, 6.07) is 13.6. The Hall–Kier alpha value is -3.02. The van der Waals surface area contributed by atoms with Gasteiger partial charge in [-0.3, -0.25) is 9.59 Å². The molecule has 0 unspecified atom stereocenters. The zero-order valence-corrected chi connectivity index (χ0v) is 18.0. The van der Waals surface area contributed by atoms with Gasteiger partial charge in [0.1, 0.15) is 11.5 Å². The summed E-state index contributed by atoms with van der Waals surface area (Å²) in [6.45, 7) is 2.99. The van der Waals surface area contributed by atoms with Gasteiger partial charge in [0.15, 0.2) is 0 Å². The molecule has 0 saturated heterocycles. The summed E-state index contributed by atoms with van der Waals surface area (Å²) in [5.41, 5.74) is 2.58. The van der Waals surface area contributed by atoms with Crippen LogP contribution in [0.2, 0.25) is 0 Å². The fourth-order valence-electron chi connectivity index (χ4n) is 3.40. The lowest BCUT2D eigenvalue weighted by atomic mass is 10.1. The minimum absolute atomic E-state index is 0.102. The molecular weight excluding hydrogens is 382 g/mol. The minimum Gasteiger partial charge on any atom is -0.496 e. The Bertz CT molecular complexity index is 810. The molecule has 0 bridgehead atoms. The van der Waals surface area contributed by atoms with E-state index >= 15 is 0 Å². The first-order valence-corrected chi connectivity index (χ1v) is 10.2.